The summed E-state index contributed by atoms with van der Waals surface area (Å²) >= 11 is 0. The summed E-state index contributed by atoms with van der Waals surface area (Å²) in [6.07, 6.45) is 16.4. The van der Waals surface area contributed by atoms with E-state index in [4.69, 9.17) is 0 Å². The van der Waals surface area contributed by atoms with Gasteiger partial charge in [-0.05, 0) is 51.2 Å². The van der Waals surface area contributed by atoms with E-state index in [-0.39, 0.29) is 18.1 Å². The molecule has 3 atom stereocenters. The average Bonchev–Trinajstić information content (AvgIpc) is 3.48. The lowest BCUT2D eigenvalue weighted by Crippen LogP contribution is -2.16. The first kappa shape index (κ1) is 26.6. The molecule has 180 valence electrons. The highest BCUT2D eigenvalue weighted by Crippen LogP contribution is 2.41. The van der Waals surface area contributed by atoms with Crippen molar-refractivity contribution < 1.29 is 17.9 Å². The molecular weight excluding hydrogens is 422 g/mol. The summed E-state index contributed by atoms with van der Waals surface area (Å²) < 4.78 is 32.7. The number of carbonyl (C=O) groups excluding carboxylic acids is 1. The van der Waals surface area contributed by atoms with E-state index >= 15 is 0 Å². The number of unbranched alkanes of at least 4 members (excludes halogenated alkanes) is 7. The number of aryl methyl sites for hydroxylation is 1. The maximum Gasteiger partial charge on any atom is 0.305 e. The van der Waals surface area contributed by atoms with Crippen LogP contribution < -0.4 is 0 Å². The molecule has 5 nitrogen and oxygen atoms in total. The number of sulfonamides is 1. The zero-order valence-electron chi connectivity index (χ0n) is 20.1. The monoisotopic (exact) mass is 463 g/mol. The van der Waals surface area contributed by atoms with E-state index in [9.17, 15) is 13.2 Å². The number of hydrogen-bond donors (Lipinski definition) is 0. The van der Waals surface area contributed by atoms with Gasteiger partial charge in [0.05, 0.1) is 12.0 Å². The molecule has 0 aromatic heterocycles. The topological polar surface area (TPSA) is 63.5 Å². The predicted molar refractivity (Wildman–Crippen MR) is 130 cm³/mol. The molecule has 1 fully saturated rings. The fourth-order valence-electron chi connectivity index (χ4n) is 4.20. The second kappa shape index (κ2) is 13.8. The van der Waals surface area contributed by atoms with Gasteiger partial charge in [0.1, 0.15) is 0 Å². The quantitative estimate of drug-likeness (QED) is 0.127. The van der Waals surface area contributed by atoms with Gasteiger partial charge in [0, 0.05) is 18.5 Å². The van der Waals surface area contributed by atoms with Crippen LogP contribution in [0.5, 0.6) is 0 Å². The SMILES string of the molecule is CCCCC[C@H]1[C@@H](C/C=C\CCCCCCCC(=O)OC)N1S(=O)(=O)c1ccc(C)cc1. The summed E-state index contributed by atoms with van der Waals surface area (Å²) in [5, 5.41) is 0. The molecule has 0 bridgehead atoms. The number of carbonyl (C=O) groups is 1. The van der Waals surface area contributed by atoms with E-state index in [1.165, 1.54) is 7.11 Å². The van der Waals surface area contributed by atoms with Gasteiger partial charge in [0.15, 0.2) is 0 Å². The molecule has 1 saturated heterocycles. The second-order valence-corrected chi connectivity index (χ2v) is 10.7. The fourth-order valence-corrected chi connectivity index (χ4v) is 6.05. The Morgan fingerprint density at radius 1 is 0.969 bits per heavy atom. The molecule has 0 N–H and O–H groups in total. The Morgan fingerprint density at radius 2 is 1.66 bits per heavy atom. The Kier molecular flexibility index (Phi) is 11.5. The molecule has 2 rings (SSSR count). The normalized spacial score (nSPS) is 20.5. The van der Waals surface area contributed by atoms with Crippen molar-refractivity contribution in [1.82, 2.24) is 4.31 Å². The van der Waals surface area contributed by atoms with E-state index in [0.717, 1.165) is 76.2 Å². The number of methoxy groups -OCH3 is 1. The molecule has 1 aliphatic rings. The molecule has 6 heteroatoms. The lowest BCUT2D eigenvalue weighted by Gasteiger charge is -2.07. The van der Waals surface area contributed by atoms with E-state index in [1.54, 1.807) is 16.4 Å². The summed E-state index contributed by atoms with van der Waals surface area (Å²) in [6, 6.07) is 7.41. The van der Waals surface area contributed by atoms with E-state index < -0.39 is 10.0 Å². The van der Waals surface area contributed by atoms with Crippen LogP contribution in [0.25, 0.3) is 0 Å². The maximum atomic E-state index is 13.2. The van der Waals surface area contributed by atoms with Crippen molar-refractivity contribution in [2.24, 2.45) is 0 Å². The van der Waals surface area contributed by atoms with Gasteiger partial charge in [-0.25, -0.2) is 8.42 Å². The average molecular weight is 464 g/mol. The third kappa shape index (κ3) is 8.36. The zero-order chi connectivity index (χ0) is 23.4. The Morgan fingerprint density at radius 3 is 2.34 bits per heavy atom. The van der Waals surface area contributed by atoms with E-state index in [1.807, 2.05) is 19.1 Å². The molecule has 1 aromatic rings. The summed E-state index contributed by atoms with van der Waals surface area (Å²) in [6.45, 7) is 4.14. The number of nitrogens with zero attached hydrogens (tertiary/aromatic N) is 1. The minimum Gasteiger partial charge on any atom is -0.469 e. The molecule has 0 radical (unpaired) electrons. The lowest BCUT2D eigenvalue weighted by molar-refractivity contribution is -0.140. The van der Waals surface area contributed by atoms with Crippen molar-refractivity contribution in [2.75, 3.05) is 7.11 Å². The summed E-state index contributed by atoms with van der Waals surface area (Å²) in [7, 11) is -1.99. The highest BCUT2D eigenvalue weighted by Gasteiger charge is 2.53. The van der Waals surface area contributed by atoms with Crippen LogP contribution in [0.2, 0.25) is 0 Å². The van der Waals surface area contributed by atoms with Gasteiger partial charge in [-0.1, -0.05) is 75.3 Å². The molecule has 0 aliphatic carbocycles. The number of ether oxygens (including phenoxy) is 1. The van der Waals surface area contributed by atoms with Crippen LogP contribution in [-0.2, 0) is 19.6 Å². The molecule has 1 unspecified atom stereocenters. The van der Waals surface area contributed by atoms with Crippen molar-refractivity contribution in [3.8, 4) is 0 Å². The van der Waals surface area contributed by atoms with Crippen LogP contribution in [0, 0.1) is 6.92 Å². The van der Waals surface area contributed by atoms with Gasteiger partial charge in [0.2, 0.25) is 10.0 Å². The first-order chi connectivity index (χ1) is 15.4. The van der Waals surface area contributed by atoms with Crippen LogP contribution in [0.4, 0.5) is 0 Å². The van der Waals surface area contributed by atoms with Crippen LogP contribution in [0.1, 0.15) is 89.5 Å². The van der Waals surface area contributed by atoms with Crippen LogP contribution in [0.15, 0.2) is 41.3 Å². The van der Waals surface area contributed by atoms with Crippen molar-refractivity contribution in [3.05, 3.63) is 42.0 Å². The van der Waals surface area contributed by atoms with Gasteiger partial charge >= 0.3 is 5.97 Å². The van der Waals surface area contributed by atoms with Gasteiger partial charge in [-0.15, -0.1) is 0 Å². The highest BCUT2D eigenvalue weighted by molar-refractivity contribution is 7.89. The molecule has 1 heterocycles. The first-order valence-electron chi connectivity index (χ1n) is 12.2. The Bertz CT molecular complexity index is 817. The minimum absolute atomic E-state index is 0.0905. The van der Waals surface area contributed by atoms with Gasteiger partial charge in [0.25, 0.3) is 0 Å². The fraction of sp³-hybridized carbons (Fsp3) is 0.654. The summed E-state index contributed by atoms with van der Waals surface area (Å²) in [4.78, 5) is 11.5. The Labute approximate surface area is 195 Å². The lowest BCUT2D eigenvalue weighted by atomic mass is 10.1. The van der Waals surface area contributed by atoms with Crippen molar-refractivity contribution in [3.63, 3.8) is 0 Å². The third-order valence-electron chi connectivity index (χ3n) is 6.23. The molecule has 1 aromatic carbocycles. The summed E-state index contributed by atoms with van der Waals surface area (Å²) in [5.41, 5.74) is 1.07. The van der Waals surface area contributed by atoms with Gasteiger partial charge < -0.3 is 4.74 Å². The smallest absolute Gasteiger partial charge is 0.305 e. The van der Waals surface area contributed by atoms with Crippen molar-refractivity contribution >= 4 is 16.0 Å². The highest BCUT2D eigenvalue weighted by atomic mass is 32.2. The first-order valence-corrected chi connectivity index (χ1v) is 13.7. The minimum atomic E-state index is -3.42. The molecule has 0 spiro atoms. The van der Waals surface area contributed by atoms with Crippen molar-refractivity contribution in [2.45, 2.75) is 108 Å². The van der Waals surface area contributed by atoms with Gasteiger partial charge in [-0.2, -0.15) is 4.31 Å². The summed E-state index contributed by atoms with van der Waals surface area (Å²) in [5.74, 6) is -0.126. The largest absolute Gasteiger partial charge is 0.469 e. The van der Waals surface area contributed by atoms with Crippen LogP contribution in [0.3, 0.4) is 0 Å². The number of esters is 1. The second-order valence-electron chi connectivity index (χ2n) is 8.87. The number of allylic oxidation sites excluding steroid dienone is 1. The van der Waals surface area contributed by atoms with Crippen LogP contribution in [-0.4, -0.2) is 37.9 Å². The Balaban J connectivity index is 1.77. The number of hydrogen-bond acceptors (Lipinski definition) is 4. The molecule has 0 amide bonds. The van der Waals surface area contributed by atoms with Crippen LogP contribution >= 0.6 is 0 Å². The van der Waals surface area contributed by atoms with E-state index in [0.29, 0.717) is 11.3 Å². The molecule has 0 saturated carbocycles. The molecule has 32 heavy (non-hydrogen) atoms. The number of benzene rings is 1. The third-order valence-corrected chi connectivity index (χ3v) is 8.20. The van der Waals surface area contributed by atoms with E-state index in [2.05, 4.69) is 23.8 Å². The predicted octanol–water partition coefficient (Wildman–Crippen LogP) is 6.17. The Hall–Kier alpha value is -1.66. The molecule has 1 aliphatic heterocycles. The maximum absolute atomic E-state index is 13.2. The van der Waals surface area contributed by atoms with Gasteiger partial charge in [-0.3, -0.25) is 4.79 Å². The zero-order valence-corrected chi connectivity index (χ0v) is 20.9. The molecular formula is C26H41NO4S. The number of rotatable bonds is 16. The van der Waals surface area contributed by atoms with Crippen molar-refractivity contribution in [1.29, 1.82) is 0 Å². The standard InChI is InChI=1S/C26H41NO4S/c1-4-5-12-15-24-25(27(24)32(29,30)23-20-18-22(2)19-21-23)16-13-10-8-6-7-9-11-14-17-26(28)31-3/h10,13,18-21,24-25H,4-9,11-12,14-17H2,1-3H3/b13-10-/t24-,25+,27?/m0/s1.